The van der Waals surface area contributed by atoms with Crippen LogP contribution in [0.4, 0.5) is 13.2 Å². The van der Waals surface area contributed by atoms with Gasteiger partial charge in [0.25, 0.3) is 0 Å². The highest BCUT2D eigenvalue weighted by Gasteiger charge is 2.35. The molecule has 10 heteroatoms. The van der Waals surface area contributed by atoms with Crippen LogP contribution in [0.3, 0.4) is 0 Å². The summed E-state index contributed by atoms with van der Waals surface area (Å²) in [5.41, 5.74) is 4.53. The van der Waals surface area contributed by atoms with E-state index in [4.69, 9.17) is 17.3 Å². The number of alkyl halides is 3. The maximum Gasteiger partial charge on any atom is 0.416 e. The van der Waals surface area contributed by atoms with Crippen molar-refractivity contribution in [3.05, 3.63) is 28.8 Å². The van der Waals surface area contributed by atoms with E-state index in [0.29, 0.717) is 18.6 Å². The summed E-state index contributed by atoms with van der Waals surface area (Å²) < 4.78 is 63.6. The zero-order valence-electron chi connectivity index (χ0n) is 10.6. The van der Waals surface area contributed by atoms with Gasteiger partial charge in [0.2, 0.25) is 10.0 Å². The van der Waals surface area contributed by atoms with Crippen LogP contribution in [0.25, 0.3) is 0 Å². The molecule has 21 heavy (non-hydrogen) atoms. The molecule has 1 aromatic rings. The second kappa shape index (κ2) is 6.29. The Balaban J connectivity index is 0.00000220. The zero-order valence-corrected chi connectivity index (χ0v) is 13.0. The number of benzene rings is 1. The lowest BCUT2D eigenvalue weighted by Crippen LogP contribution is -2.32. The van der Waals surface area contributed by atoms with Crippen molar-refractivity contribution in [1.29, 1.82) is 0 Å². The average Bonchev–Trinajstić information content (AvgIpc) is 2.74. The predicted octanol–water partition coefficient (Wildman–Crippen LogP) is 2.50. The molecule has 0 radical (unpaired) electrons. The molecule has 1 aliphatic rings. The van der Waals surface area contributed by atoms with Crippen LogP contribution in [0.2, 0.25) is 5.02 Å². The highest BCUT2D eigenvalue weighted by Crippen LogP contribution is 2.34. The Bertz CT molecular complexity index is 622. The summed E-state index contributed by atoms with van der Waals surface area (Å²) in [6.07, 6.45) is -4.18. The molecule has 1 aromatic carbocycles. The Morgan fingerprint density at radius 2 is 1.90 bits per heavy atom. The minimum atomic E-state index is -4.66. The molecule has 0 saturated carbocycles. The quantitative estimate of drug-likeness (QED) is 0.876. The molecule has 4 nitrogen and oxygen atoms in total. The summed E-state index contributed by atoms with van der Waals surface area (Å²) in [5, 5.41) is -0.276. The molecule has 2 N–H and O–H groups in total. The average molecular weight is 365 g/mol. The Morgan fingerprint density at radius 3 is 2.38 bits per heavy atom. The number of hydrogen-bond donors (Lipinski definition) is 1. The van der Waals surface area contributed by atoms with Gasteiger partial charge in [0.05, 0.1) is 10.5 Å². The largest absolute Gasteiger partial charge is 0.416 e. The van der Waals surface area contributed by atoms with Crippen LogP contribution in [0.5, 0.6) is 0 Å². The molecular weight excluding hydrogens is 352 g/mol. The van der Waals surface area contributed by atoms with Gasteiger partial charge < -0.3 is 5.73 Å². The summed E-state index contributed by atoms with van der Waals surface area (Å²) in [4.78, 5) is -0.466. The van der Waals surface area contributed by atoms with Crippen LogP contribution in [0.1, 0.15) is 12.0 Å². The topological polar surface area (TPSA) is 63.4 Å². The molecule has 0 amide bonds. The zero-order chi connectivity index (χ0) is 15.1. The van der Waals surface area contributed by atoms with Crippen LogP contribution >= 0.6 is 24.0 Å². The molecule has 2 rings (SSSR count). The first-order valence-corrected chi connectivity index (χ1v) is 7.56. The summed E-state index contributed by atoms with van der Waals surface area (Å²) in [6, 6.07) is 1.99. The van der Waals surface area contributed by atoms with Gasteiger partial charge >= 0.3 is 6.18 Å². The van der Waals surface area contributed by atoms with Crippen LogP contribution in [-0.2, 0) is 16.2 Å². The van der Waals surface area contributed by atoms with Crippen LogP contribution in [0, 0.1) is 0 Å². The normalized spacial score (nSPS) is 20.3. The Hall–Kier alpha value is -0.540. The van der Waals surface area contributed by atoms with Crippen LogP contribution in [-0.4, -0.2) is 31.9 Å². The van der Waals surface area contributed by atoms with E-state index in [1.165, 1.54) is 0 Å². The summed E-state index contributed by atoms with van der Waals surface area (Å²) >= 11 is 5.59. The van der Waals surface area contributed by atoms with Crippen molar-refractivity contribution in [3.8, 4) is 0 Å². The summed E-state index contributed by atoms with van der Waals surface area (Å²) in [7, 11) is -4.01. The number of nitrogens with two attached hydrogens (primary N) is 1. The van der Waals surface area contributed by atoms with Gasteiger partial charge in [-0.2, -0.15) is 17.5 Å². The van der Waals surface area contributed by atoms with Gasteiger partial charge in [0.15, 0.2) is 0 Å². The van der Waals surface area contributed by atoms with E-state index < -0.39 is 26.7 Å². The Morgan fingerprint density at radius 1 is 1.29 bits per heavy atom. The van der Waals surface area contributed by atoms with Crippen molar-refractivity contribution in [1.82, 2.24) is 4.31 Å². The highest BCUT2D eigenvalue weighted by molar-refractivity contribution is 7.89. The van der Waals surface area contributed by atoms with Crippen molar-refractivity contribution >= 4 is 34.0 Å². The molecular formula is C11H13Cl2F3N2O2S. The third-order valence-corrected chi connectivity index (χ3v) is 5.08. The van der Waals surface area contributed by atoms with Gasteiger partial charge in [-0.15, -0.1) is 12.4 Å². The number of hydrogen-bond acceptors (Lipinski definition) is 3. The minimum Gasteiger partial charge on any atom is -0.326 e. The lowest BCUT2D eigenvalue weighted by molar-refractivity contribution is -0.137. The second-order valence-electron chi connectivity index (χ2n) is 4.59. The van der Waals surface area contributed by atoms with E-state index in [1.807, 2.05) is 0 Å². The van der Waals surface area contributed by atoms with Crippen molar-refractivity contribution < 1.29 is 21.6 Å². The molecule has 1 heterocycles. The minimum absolute atomic E-state index is 0. The first-order valence-electron chi connectivity index (χ1n) is 5.74. The highest BCUT2D eigenvalue weighted by atomic mass is 35.5. The van der Waals surface area contributed by atoms with E-state index in [9.17, 15) is 21.6 Å². The smallest absolute Gasteiger partial charge is 0.326 e. The molecule has 0 bridgehead atoms. The maximum absolute atomic E-state index is 12.7. The monoisotopic (exact) mass is 364 g/mol. The van der Waals surface area contributed by atoms with E-state index >= 15 is 0 Å². The SMILES string of the molecule is Cl.N[C@@H]1CCN(S(=O)(=O)c2cc(Cl)cc(C(F)(F)F)c2)C1. The summed E-state index contributed by atoms with van der Waals surface area (Å²) in [5.74, 6) is 0. The molecule has 1 fully saturated rings. The third-order valence-electron chi connectivity index (χ3n) is 3.02. The van der Waals surface area contributed by atoms with Gasteiger partial charge in [-0.05, 0) is 24.6 Å². The van der Waals surface area contributed by atoms with Gasteiger partial charge in [-0.3, -0.25) is 0 Å². The van der Waals surface area contributed by atoms with Crippen LogP contribution in [0.15, 0.2) is 23.1 Å². The Labute approximate surface area is 131 Å². The van der Waals surface area contributed by atoms with Crippen molar-refractivity contribution in [3.63, 3.8) is 0 Å². The van der Waals surface area contributed by atoms with Crippen molar-refractivity contribution in [2.45, 2.75) is 23.5 Å². The van der Waals surface area contributed by atoms with Gasteiger partial charge in [-0.25, -0.2) is 8.42 Å². The lowest BCUT2D eigenvalue weighted by Gasteiger charge is -2.17. The van der Waals surface area contributed by atoms with Gasteiger partial charge in [-0.1, -0.05) is 11.6 Å². The van der Waals surface area contributed by atoms with Gasteiger partial charge in [0.1, 0.15) is 0 Å². The number of nitrogens with zero attached hydrogens (tertiary/aromatic N) is 1. The van der Waals surface area contributed by atoms with E-state index in [-0.39, 0.29) is 36.6 Å². The number of sulfonamides is 1. The molecule has 1 saturated heterocycles. The second-order valence-corrected chi connectivity index (χ2v) is 6.96. The molecule has 0 unspecified atom stereocenters. The fraction of sp³-hybridized carbons (Fsp3) is 0.455. The van der Waals surface area contributed by atoms with Crippen molar-refractivity contribution in [2.24, 2.45) is 5.73 Å². The predicted molar refractivity (Wildman–Crippen MR) is 75.1 cm³/mol. The molecule has 1 atom stereocenters. The number of halogens is 5. The van der Waals surface area contributed by atoms with Crippen molar-refractivity contribution in [2.75, 3.05) is 13.1 Å². The molecule has 0 aliphatic carbocycles. The van der Waals surface area contributed by atoms with E-state index in [1.54, 1.807) is 0 Å². The Kier molecular flexibility index (Phi) is 5.55. The van der Waals surface area contributed by atoms with E-state index in [0.717, 1.165) is 10.4 Å². The molecule has 120 valence electrons. The first-order chi connectivity index (χ1) is 9.10. The van der Waals surface area contributed by atoms with E-state index in [2.05, 4.69) is 0 Å². The standard InChI is InChI=1S/C11H12ClF3N2O2S.ClH/c12-8-3-7(11(13,14)15)4-10(5-8)20(18,19)17-2-1-9(16)6-17;/h3-5,9H,1-2,6,16H2;1H/t9-;/m1./s1. The fourth-order valence-corrected chi connectivity index (χ4v) is 3.88. The molecule has 1 aliphatic heterocycles. The summed E-state index contributed by atoms with van der Waals surface area (Å²) in [6.45, 7) is 0.285. The first kappa shape index (κ1) is 18.5. The fourth-order valence-electron chi connectivity index (χ4n) is 2.00. The third kappa shape index (κ3) is 4.01. The molecule has 0 aromatic heterocycles. The van der Waals surface area contributed by atoms with Crippen LogP contribution < -0.4 is 5.73 Å². The van der Waals surface area contributed by atoms with Gasteiger partial charge in [0, 0.05) is 24.2 Å². The number of rotatable bonds is 2. The lowest BCUT2D eigenvalue weighted by atomic mass is 10.2. The maximum atomic E-state index is 12.7. The molecule has 0 spiro atoms.